The molecule has 0 fully saturated rings. The van der Waals surface area contributed by atoms with Gasteiger partial charge in [0.25, 0.3) is 10.0 Å². The maximum atomic E-state index is 14.3. The second kappa shape index (κ2) is 5.63. The van der Waals surface area contributed by atoms with Crippen molar-refractivity contribution in [3.8, 4) is 11.3 Å². The molecule has 0 bridgehead atoms. The first-order chi connectivity index (χ1) is 12.0. The van der Waals surface area contributed by atoms with E-state index in [2.05, 4.69) is 4.98 Å². The van der Waals surface area contributed by atoms with E-state index in [0.29, 0.717) is 17.7 Å². The van der Waals surface area contributed by atoms with Crippen LogP contribution in [0.25, 0.3) is 11.3 Å². The average Bonchev–Trinajstić information content (AvgIpc) is 3.16. The average molecular weight is 356 g/mol. The van der Waals surface area contributed by atoms with Crippen molar-refractivity contribution >= 4 is 15.8 Å². The molecule has 0 radical (unpaired) electrons. The second-order valence-corrected chi connectivity index (χ2v) is 7.54. The maximum absolute atomic E-state index is 14.3. The lowest BCUT2D eigenvalue weighted by atomic mass is 10.1. The third kappa shape index (κ3) is 2.39. The van der Waals surface area contributed by atoms with Crippen molar-refractivity contribution in [2.24, 2.45) is 0 Å². The summed E-state index contributed by atoms with van der Waals surface area (Å²) in [6.07, 6.45) is 3.27. The number of fused-ring (bicyclic) bond motifs is 1. The molecule has 0 aliphatic heterocycles. The minimum absolute atomic E-state index is 0.00895. The number of carbonyl (C=O) groups excluding carboxylic acids is 1. The van der Waals surface area contributed by atoms with Crippen LogP contribution in [-0.4, -0.2) is 23.2 Å². The highest BCUT2D eigenvalue weighted by molar-refractivity contribution is 7.90. The highest BCUT2D eigenvalue weighted by Gasteiger charge is 2.33. The van der Waals surface area contributed by atoms with Crippen molar-refractivity contribution in [2.45, 2.75) is 17.7 Å². The summed E-state index contributed by atoms with van der Waals surface area (Å²) in [5.41, 5.74) is 1.02. The van der Waals surface area contributed by atoms with Gasteiger partial charge in [0.15, 0.2) is 5.78 Å². The number of benzene rings is 1. The highest BCUT2D eigenvalue weighted by atomic mass is 32.2. The minimum Gasteiger partial charge on any atom is -0.294 e. The van der Waals surface area contributed by atoms with E-state index in [9.17, 15) is 17.6 Å². The Balaban J connectivity index is 2.04. The fourth-order valence-electron chi connectivity index (χ4n) is 3.11. The van der Waals surface area contributed by atoms with Gasteiger partial charge < -0.3 is 0 Å². The largest absolute Gasteiger partial charge is 0.294 e. The summed E-state index contributed by atoms with van der Waals surface area (Å²) in [6, 6.07) is 10.3. The van der Waals surface area contributed by atoms with Gasteiger partial charge in [-0.2, -0.15) is 0 Å². The quantitative estimate of drug-likeness (QED) is 0.723. The lowest BCUT2D eigenvalue weighted by Crippen LogP contribution is -2.17. The van der Waals surface area contributed by atoms with Gasteiger partial charge >= 0.3 is 0 Å². The van der Waals surface area contributed by atoms with E-state index in [1.54, 1.807) is 6.07 Å². The third-order valence-corrected chi connectivity index (χ3v) is 6.00. The Bertz CT molecular complexity index is 1090. The first-order valence-corrected chi connectivity index (χ1v) is 9.12. The van der Waals surface area contributed by atoms with Crippen LogP contribution >= 0.6 is 0 Å². The molecule has 0 unspecified atom stereocenters. The lowest BCUT2D eigenvalue weighted by molar-refractivity contribution is 0.0994. The Hall–Kier alpha value is -2.80. The summed E-state index contributed by atoms with van der Waals surface area (Å²) in [6.45, 7) is 0. The zero-order valence-corrected chi connectivity index (χ0v) is 13.8. The summed E-state index contributed by atoms with van der Waals surface area (Å²) < 4.78 is 41.7. The Kier molecular flexibility index (Phi) is 3.54. The third-order valence-electron chi connectivity index (χ3n) is 4.27. The van der Waals surface area contributed by atoms with E-state index in [0.717, 1.165) is 3.97 Å². The number of ketones is 1. The smallest absolute Gasteiger partial charge is 0.269 e. The first-order valence-electron chi connectivity index (χ1n) is 7.68. The van der Waals surface area contributed by atoms with Gasteiger partial charge in [-0.15, -0.1) is 0 Å². The van der Waals surface area contributed by atoms with Gasteiger partial charge in [0.1, 0.15) is 10.7 Å². The predicted octanol–water partition coefficient (Wildman–Crippen LogP) is 3.06. The molecule has 0 N–H and O–H groups in total. The van der Waals surface area contributed by atoms with Crippen LogP contribution in [0, 0.1) is 5.82 Å². The van der Waals surface area contributed by atoms with Gasteiger partial charge in [0, 0.05) is 35.6 Å². The molecular formula is C18H13FN2O3S. The molecule has 2 heterocycles. The zero-order chi connectivity index (χ0) is 17.6. The number of nitrogens with zero attached hydrogens (tertiary/aromatic N) is 2. The van der Waals surface area contributed by atoms with Crippen LogP contribution in [0.15, 0.2) is 59.8 Å². The minimum atomic E-state index is -4.00. The topological polar surface area (TPSA) is 69.0 Å². The van der Waals surface area contributed by atoms with Crippen LogP contribution in [0.3, 0.4) is 0 Å². The zero-order valence-electron chi connectivity index (χ0n) is 13.0. The first kappa shape index (κ1) is 15.7. The molecule has 1 aliphatic rings. The van der Waals surface area contributed by atoms with Crippen molar-refractivity contribution in [3.63, 3.8) is 0 Å². The Labute approximate surface area is 143 Å². The monoisotopic (exact) mass is 356 g/mol. The molecule has 7 heteroatoms. The predicted molar refractivity (Wildman–Crippen MR) is 89.3 cm³/mol. The van der Waals surface area contributed by atoms with Gasteiger partial charge in [0.05, 0.1) is 5.69 Å². The van der Waals surface area contributed by atoms with E-state index in [-0.39, 0.29) is 28.4 Å². The van der Waals surface area contributed by atoms with Crippen LogP contribution in [-0.2, 0) is 16.4 Å². The Morgan fingerprint density at radius 3 is 2.56 bits per heavy atom. The number of Topliss-reactive ketones (excluding diaryl/α,β-unsaturated/α-hetero) is 1. The molecule has 0 amide bonds. The maximum Gasteiger partial charge on any atom is 0.269 e. The molecule has 2 aromatic heterocycles. The SMILES string of the molecule is O=C1CCc2c1cc(-c1ccccc1F)n2S(=O)(=O)c1cccnc1. The van der Waals surface area contributed by atoms with Gasteiger partial charge in [-0.05, 0) is 36.8 Å². The Morgan fingerprint density at radius 1 is 1.04 bits per heavy atom. The van der Waals surface area contributed by atoms with Crippen molar-refractivity contribution in [2.75, 3.05) is 0 Å². The Morgan fingerprint density at radius 2 is 1.84 bits per heavy atom. The van der Waals surface area contributed by atoms with E-state index < -0.39 is 15.8 Å². The van der Waals surface area contributed by atoms with Crippen molar-refractivity contribution in [1.82, 2.24) is 8.96 Å². The van der Waals surface area contributed by atoms with Crippen molar-refractivity contribution < 1.29 is 17.6 Å². The number of carbonyl (C=O) groups is 1. The number of halogens is 1. The molecular weight excluding hydrogens is 343 g/mol. The van der Waals surface area contributed by atoms with Gasteiger partial charge in [-0.1, -0.05) is 12.1 Å². The van der Waals surface area contributed by atoms with Gasteiger partial charge in [0.2, 0.25) is 0 Å². The number of pyridine rings is 1. The van der Waals surface area contributed by atoms with Crippen LogP contribution in [0.5, 0.6) is 0 Å². The summed E-state index contributed by atoms with van der Waals surface area (Å²) in [4.78, 5) is 15.9. The molecule has 0 atom stereocenters. The van der Waals surface area contributed by atoms with Crippen molar-refractivity contribution in [1.29, 1.82) is 0 Å². The molecule has 3 aromatic rings. The van der Waals surface area contributed by atoms with Crippen LogP contribution in [0.4, 0.5) is 4.39 Å². The van der Waals surface area contributed by atoms with Crippen LogP contribution < -0.4 is 0 Å². The molecule has 126 valence electrons. The van der Waals surface area contributed by atoms with Crippen molar-refractivity contribution in [3.05, 3.63) is 71.9 Å². The summed E-state index contributed by atoms with van der Waals surface area (Å²) in [5, 5.41) is 0. The van der Waals surface area contributed by atoms with E-state index in [1.807, 2.05) is 0 Å². The number of rotatable bonds is 3. The van der Waals surface area contributed by atoms with Crippen LogP contribution in [0.2, 0.25) is 0 Å². The molecule has 0 spiro atoms. The fraction of sp³-hybridized carbons (Fsp3) is 0.111. The molecule has 0 saturated heterocycles. The van der Waals surface area contributed by atoms with Gasteiger partial charge in [-0.25, -0.2) is 16.8 Å². The number of aromatic nitrogens is 2. The normalized spacial score (nSPS) is 13.9. The number of hydrogen-bond donors (Lipinski definition) is 0. The second-order valence-electron chi connectivity index (χ2n) is 5.75. The van der Waals surface area contributed by atoms with Gasteiger partial charge in [-0.3, -0.25) is 9.78 Å². The fourth-order valence-corrected chi connectivity index (χ4v) is 4.66. The molecule has 4 rings (SSSR count). The molecule has 25 heavy (non-hydrogen) atoms. The van der Waals surface area contributed by atoms with E-state index >= 15 is 0 Å². The molecule has 1 aliphatic carbocycles. The molecule has 1 aromatic carbocycles. The summed E-state index contributed by atoms with van der Waals surface area (Å²) in [5.74, 6) is -0.679. The molecule has 5 nitrogen and oxygen atoms in total. The van der Waals surface area contributed by atoms with Crippen LogP contribution in [0.1, 0.15) is 22.5 Å². The van der Waals surface area contributed by atoms with E-state index in [4.69, 9.17) is 0 Å². The highest BCUT2D eigenvalue weighted by Crippen LogP contribution is 2.35. The van der Waals surface area contributed by atoms with E-state index in [1.165, 1.54) is 48.8 Å². The lowest BCUT2D eigenvalue weighted by Gasteiger charge is -2.13. The molecule has 0 saturated carbocycles. The standard InChI is InChI=1S/C18H13FN2O3S/c19-15-6-2-1-5-13(15)17-10-14-16(7-8-18(14)22)21(17)25(23,24)12-4-3-9-20-11-12/h1-6,9-11H,7-8H2. The summed E-state index contributed by atoms with van der Waals surface area (Å²) in [7, 11) is -4.00. The summed E-state index contributed by atoms with van der Waals surface area (Å²) >= 11 is 0. The number of hydrogen-bond acceptors (Lipinski definition) is 4.